The molecule has 1 unspecified atom stereocenters. The Morgan fingerprint density at radius 3 is 2.83 bits per heavy atom. The number of aromatic amines is 1. The predicted molar refractivity (Wildman–Crippen MR) is 95.5 cm³/mol. The van der Waals surface area contributed by atoms with Gasteiger partial charge < -0.3 is 10.3 Å². The van der Waals surface area contributed by atoms with Crippen LogP contribution >= 0.6 is 11.6 Å². The predicted octanol–water partition coefficient (Wildman–Crippen LogP) is 1.06. The van der Waals surface area contributed by atoms with Crippen molar-refractivity contribution in [1.29, 1.82) is 0 Å². The summed E-state index contributed by atoms with van der Waals surface area (Å²) in [7, 11) is 0. The van der Waals surface area contributed by atoms with Crippen LogP contribution in [-0.4, -0.2) is 65.1 Å². The molecule has 24 heavy (non-hydrogen) atoms. The monoisotopic (exact) mass is 347 g/mol. The first-order valence-electron chi connectivity index (χ1n) is 8.54. The van der Waals surface area contributed by atoms with Gasteiger partial charge in [0.05, 0.1) is 17.4 Å². The number of fused-ring (bicyclic) bond motifs is 1. The van der Waals surface area contributed by atoms with Gasteiger partial charge in [0, 0.05) is 43.8 Å². The zero-order valence-electron chi connectivity index (χ0n) is 13.6. The van der Waals surface area contributed by atoms with Crippen LogP contribution in [0, 0.1) is 0 Å². The van der Waals surface area contributed by atoms with Gasteiger partial charge in [0.25, 0.3) is 5.56 Å². The summed E-state index contributed by atoms with van der Waals surface area (Å²) in [6.07, 6.45) is 1.25. The molecule has 0 saturated carbocycles. The minimum atomic E-state index is -0.117. The molecule has 0 spiro atoms. The molecule has 0 bridgehead atoms. The lowest BCUT2D eigenvalue weighted by Crippen LogP contribution is -2.50. The molecule has 0 radical (unpaired) electrons. The van der Waals surface area contributed by atoms with E-state index in [2.05, 4.69) is 25.1 Å². The number of nitrogens with one attached hydrogen (secondary N) is 2. The maximum Gasteiger partial charge on any atom is 0.258 e. The number of aromatic nitrogens is 2. The van der Waals surface area contributed by atoms with Crippen LogP contribution in [0.1, 0.15) is 12.2 Å². The number of nitrogens with zero attached hydrogens (tertiary/aromatic N) is 3. The number of rotatable bonds is 3. The van der Waals surface area contributed by atoms with Crippen LogP contribution in [0.4, 0.5) is 0 Å². The molecule has 1 aromatic carbocycles. The average molecular weight is 348 g/mol. The number of hydrogen-bond donors (Lipinski definition) is 2. The first-order chi connectivity index (χ1) is 11.7. The van der Waals surface area contributed by atoms with E-state index in [0.29, 0.717) is 28.5 Å². The van der Waals surface area contributed by atoms with Gasteiger partial charge in [-0.3, -0.25) is 14.6 Å². The van der Waals surface area contributed by atoms with Gasteiger partial charge in [0.15, 0.2) is 0 Å². The van der Waals surface area contributed by atoms with Gasteiger partial charge >= 0.3 is 0 Å². The largest absolute Gasteiger partial charge is 0.315 e. The topological polar surface area (TPSA) is 64.3 Å². The second-order valence-electron chi connectivity index (χ2n) is 6.63. The van der Waals surface area contributed by atoms with Gasteiger partial charge in [-0.2, -0.15) is 0 Å². The molecule has 2 fully saturated rings. The SMILES string of the molecule is O=c1[nH]c(CN2CCN(C3CCNC3)CC2)nc2ccc(Cl)cc12. The van der Waals surface area contributed by atoms with Crippen molar-refractivity contribution in [2.24, 2.45) is 0 Å². The molecule has 2 aliphatic heterocycles. The Labute approximate surface area is 145 Å². The molecular weight excluding hydrogens is 326 g/mol. The standard InChI is InChI=1S/C17H22ClN5O/c18-12-1-2-15-14(9-12)17(24)21-16(20-15)11-22-5-7-23(8-6-22)13-3-4-19-10-13/h1-2,9,13,19H,3-8,10-11H2,(H,20,21,24). The Balaban J connectivity index is 1.43. The van der Waals surface area contributed by atoms with E-state index in [9.17, 15) is 4.79 Å². The van der Waals surface area contributed by atoms with E-state index in [0.717, 1.165) is 45.1 Å². The summed E-state index contributed by atoms with van der Waals surface area (Å²) in [5.41, 5.74) is 0.585. The van der Waals surface area contributed by atoms with Gasteiger partial charge in [-0.05, 0) is 31.2 Å². The minimum Gasteiger partial charge on any atom is -0.315 e. The maximum absolute atomic E-state index is 12.2. The van der Waals surface area contributed by atoms with Crippen molar-refractivity contribution >= 4 is 22.5 Å². The van der Waals surface area contributed by atoms with Gasteiger partial charge in [-0.1, -0.05) is 11.6 Å². The number of halogens is 1. The van der Waals surface area contributed by atoms with Gasteiger partial charge in [0.2, 0.25) is 0 Å². The first kappa shape index (κ1) is 16.0. The third-order valence-corrected chi connectivity index (χ3v) is 5.28. The summed E-state index contributed by atoms with van der Waals surface area (Å²) in [4.78, 5) is 24.7. The van der Waals surface area contributed by atoms with Crippen molar-refractivity contribution in [3.8, 4) is 0 Å². The zero-order valence-corrected chi connectivity index (χ0v) is 14.4. The molecule has 3 heterocycles. The third-order valence-electron chi connectivity index (χ3n) is 5.05. The normalized spacial score (nSPS) is 23.1. The lowest BCUT2D eigenvalue weighted by Gasteiger charge is -2.37. The third kappa shape index (κ3) is 3.32. The van der Waals surface area contributed by atoms with E-state index in [1.807, 2.05) is 0 Å². The first-order valence-corrected chi connectivity index (χ1v) is 8.92. The number of piperazine rings is 1. The molecule has 2 aromatic rings. The molecule has 7 heteroatoms. The number of H-pyrrole nitrogens is 1. The highest BCUT2D eigenvalue weighted by Crippen LogP contribution is 2.16. The van der Waals surface area contributed by atoms with Crippen LogP contribution in [0.5, 0.6) is 0 Å². The highest BCUT2D eigenvalue weighted by Gasteiger charge is 2.26. The molecule has 2 N–H and O–H groups in total. The van der Waals surface area contributed by atoms with Gasteiger partial charge in [-0.25, -0.2) is 4.98 Å². The van der Waals surface area contributed by atoms with Crippen molar-refractivity contribution < 1.29 is 0 Å². The molecule has 2 aliphatic rings. The van der Waals surface area contributed by atoms with E-state index >= 15 is 0 Å². The summed E-state index contributed by atoms with van der Waals surface area (Å²) < 4.78 is 0. The highest BCUT2D eigenvalue weighted by atomic mass is 35.5. The molecule has 0 amide bonds. The summed E-state index contributed by atoms with van der Waals surface area (Å²) in [5.74, 6) is 0.728. The van der Waals surface area contributed by atoms with Crippen molar-refractivity contribution in [1.82, 2.24) is 25.1 Å². The Bertz CT molecular complexity index is 778. The van der Waals surface area contributed by atoms with Crippen molar-refractivity contribution in [2.45, 2.75) is 19.0 Å². The Morgan fingerprint density at radius 2 is 2.08 bits per heavy atom. The smallest absolute Gasteiger partial charge is 0.258 e. The molecular formula is C17H22ClN5O. The maximum atomic E-state index is 12.2. The van der Waals surface area contributed by atoms with Crippen LogP contribution in [0.2, 0.25) is 5.02 Å². The molecule has 1 atom stereocenters. The fourth-order valence-corrected chi connectivity index (χ4v) is 3.86. The van der Waals surface area contributed by atoms with Crippen LogP contribution in [0.25, 0.3) is 10.9 Å². The lowest BCUT2D eigenvalue weighted by molar-refractivity contribution is 0.0965. The summed E-state index contributed by atoms with van der Waals surface area (Å²) >= 11 is 5.96. The Kier molecular flexibility index (Phi) is 4.54. The minimum absolute atomic E-state index is 0.117. The molecule has 6 nitrogen and oxygen atoms in total. The molecule has 2 saturated heterocycles. The van der Waals surface area contributed by atoms with Gasteiger partial charge in [0.1, 0.15) is 5.82 Å². The van der Waals surface area contributed by atoms with Crippen molar-refractivity contribution in [2.75, 3.05) is 39.3 Å². The van der Waals surface area contributed by atoms with Crippen LogP contribution in [0.15, 0.2) is 23.0 Å². The van der Waals surface area contributed by atoms with E-state index in [4.69, 9.17) is 11.6 Å². The van der Waals surface area contributed by atoms with E-state index in [1.54, 1.807) is 18.2 Å². The average Bonchev–Trinajstić information content (AvgIpc) is 3.11. The Hall–Kier alpha value is -1.47. The van der Waals surface area contributed by atoms with E-state index in [-0.39, 0.29) is 5.56 Å². The summed E-state index contributed by atoms with van der Waals surface area (Å²) in [6.45, 7) is 7.13. The van der Waals surface area contributed by atoms with Gasteiger partial charge in [-0.15, -0.1) is 0 Å². The van der Waals surface area contributed by atoms with Crippen LogP contribution in [0.3, 0.4) is 0 Å². The Morgan fingerprint density at radius 1 is 1.25 bits per heavy atom. The quantitative estimate of drug-likeness (QED) is 0.869. The second kappa shape index (κ2) is 6.80. The molecule has 0 aliphatic carbocycles. The van der Waals surface area contributed by atoms with Crippen molar-refractivity contribution in [3.63, 3.8) is 0 Å². The number of benzene rings is 1. The summed E-state index contributed by atoms with van der Waals surface area (Å²) in [6, 6.07) is 5.94. The van der Waals surface area contributed by atoms with Crippen molar-refractivity contribution in [3.05, 3.63) is 39.4 Å². The fourth-order valence-electron chi connectivity index (χ4n) is 3.68. The fraction of sp³-hybridized carbons (Fsp3) is 0.529. The molecule has 1 aromatic heterocycles. The molecule has 4 rings (SSSR count). The van der Waals surface area contributed by atoms with E-state index in [1.165, 1.54) is 6.42 Å². The van der Waals surface area contributed by atoms with Crippen LogP contribution in [-0.2, 0) is 6.54 Å². The van der Waals surface area contributed by atoms with E-state index < -0.39 is 0 Å². The summed E-state index contributed by atoms with van der Waals surface area (Å²) in [5, 5.41) is 4.54. The highest BCUT2D eigenvalue weighted by molar-refractivity contribution is 6.31. The zero-order chi connectivity index (χ0) is 16.5. The molecule has 128 valence electrons. The van der Waals surface area contributed by atoms with Crippen LogP contribution < -0.4 is 10.9 Å². The number of hydrogen-bond acceptors (Lipinski definition) is 5. The lowest BCUT2D eigenvalue weighted by atomic mass is 10.2. The second-order valence-corrected chi connectivity index (χ2v) is 7.07.